The van der Waals surface area contributed by atoms with Crippen LogP contribution < -0.4 is 5.32 Å². The van der Waals surface area contributed by atoms with Gasteiger partial charge in [0.2, 0.25) is 5.91 Å². The molecule has 1 atom stereocenters. The van der Waals surface area contributed by atoms with Crippen LogP contribution in [0.5, 0.6) is 0 Å². The number of alkyl halides is 1. The van der Waals surface area contributed by atoms with Crippen molar-refractivity contribution >= 4 is 28.7 Å². The first-order valence-corrected chi connectivity index (χ1v) is 7.78. The highest BCUT2D eigenvalue weighted by molar-refractivity contribution is 6.17. The molecule has 7 heteroatoms. The van der Waals surface area contributed by atoms with Crippen LogP contribution >= 0.6 is 11.6 Å². The molecule has 2 aromatic rings. The first-order valence-electron chi connectivity index (χ1n) is 7.25. The molecular weight excluding hydrogens is 290 g/mol. The van der Waals surface area contributed by atoms with E-state index in [0.29, 0.717) is 18.8 Å². The lowest BCUT2D eigenvalue weighted by molar-refractivity contribution is -0.123. The molecule has 1 N–H and O–H groups in total. The number of amides is 1. The van der Waals surface area contributed by atoms with E-state index < -0.39 is 0 Å². The zero-order valence-electron chi connectivity index (χ0n) is 13.0. The zero-order chi connectivity index (χ0) is 15.6. The van der Waals surface area contributed by atoms with E-state index in [1.54, 1.807) is 4.68 Å². The predicted octanol–water partition coefficient (Wildman–Crippen LogP) is 1.95. The summed E-state index contributed by atoms with van der Waals surface area (Å²) < 4.78 is 3.72. The lowest BCUT2D eigenvalue weighted by atomic mass is 10.2. The minimum Gasteiger partial charge on any atom is -0.354 e. The van der Waals surface area contributed by atoms with Crippen molar-refractivity contribution in [3.05, 3.63) is 11.5 Å². The molecule has 0 saturated heterocycles. The number of hydrogen-bond acceptors (Lipinski definition) is 3. The number of nitrogens with zero attached hydrogens (tertiary/aromatic N) is 4. The summed E-state index contributed by atoms with van der Waals surface area (Å²) in [5, 5.41) is 7.32. The summed E-state index contributed by atoms with van der Waals surface area (Å²) in [4.78, 5) is 16.9. The lowest BCUT2D eigenvalue weighted by Gasteiger charge is -2.17. The molecule has 0 aliphatic carbocycles. The fraction of sp³-hybridized carbons (Fsp3) is 0.643. The summed E-state index contributed by atoms with van der Waals surface area (Å²) in [6.07, 6.45) is 1.54. The molecule has 0 radical (unpaired) electrons. The number of hydrogen-bond donors (Lipinski definition) is 1. The summed E-state index contributed by atoms with van der Waals surface area (Å²) in [6.45, 7) is 6.51. The maximum atomic E-state index is 12.3. The van der Waals surface area contributed by atoms with Gasteiger partial charge in [-0.3, -0.25) is 9.48 Å². The normalized spacial score (nSPS) is 12.8. The summed E-state index contributed by atoms with van der Waals surface area (Å²) in [6, 6.07) is -0.338. The Hall–Kier alpha value is -1.56. The van der Waals surface area contributed by atoms with Crippen molar-refractivity contribution in [3.63, 3.8) is 0 Å². The van der Waals surface area contributed by atoms with E-state index in [4.69, 9.17) is 11.6 Å². The quantitative estimate of drug-likeness (QED) is 0.829. The van der Waals surface area contributed by atoms with Crippen LogP contribution in [-0.4, -0.2) is 37.7 Å². The van der Waals surface area contributed by atoms with Crippen molar-refractivity contribution in [2.45, 2.75) is 39.7 Å². The Balaban J connectivity index is 2.48. The van der Waals surface area contributed by atoms with E-state index in [-0.39, 0.29) is 11.9 Å². The van der Waals surface area contributed by atoms with E-state index in [1.807, 2.05) is 32.4 Å². The molecule has 0 bridgehead atoms. The summed E-state index contributed by atoms with van der Waals surface area (Å²) in [5.74, 6) is 1.29. The summed E-state index contributed by atoms with van der Waals surface area (Å²) in [7, 11) is 1.87. The molecule has 1 unspecified atom stereocenters. The highest BCUT2D eigenvalue weighted by Gasteiger charge is 2.24. The fourth-order valence-electron chi connectivity index (χ4n) is 2.52. The van der Waals surface area contributed by atoms with Gasteiger partial charge in [0.15, 0.2) is 5.65 Å². The molecule has 2 rings (SSSR count). The smallest absolute Gasteiger partial charge is 0.242 e. The van der Waals surface area contributed by atoms with Gasteiger partial charge in [-0.15, -0.1) is 11.6 Å². The van der Waals surface area contributed by atoms with Crippen molar-refractivity contribution < 1.29 is 4.79 Å². The molecule has 6 nitrogen and oxygen atoms in total. The minimum atomic E-state index is -0.338. The third-order valence-electron chi connectivity index (χ3n) is 3.54. The third kappa shape index (κ3) is 2.90. The van der Waals surface area contributed by atoms with Crippen LogP contribution in [-0.2, 0) is 18.3 Å². The predicted molar refractivity (Wildman–Crippen MR) is 83.7 cm³/mol. The van der Waals surface area contributed by atoms with Crippen LogP contribution in [0, 0.1) is 6.92 Å². The van der Waals surface area contributed by atoms with Crippen molar-refractivity contribution in [2.24, 2.45) is 7.05 Å². The van der Waals surface area contributed by atoms with Crippen LogP contribution in [0.15, 0.2) is 0 Å². The number of imidazole rings is 1. The zero-order valence-corrected chi connectivity index (χ0v) is 13.7. The molecule has 0 fully saturated rings. The van der Waals surface area contributed by atoms with Crippen LogP contribution in [0.1, 0.15) is 37.8 Å². The number of rotatable bonds is 6. The molecule has 0 saturated carbocycles. The molecule has 0 aliphatic heterocycles. The SMILES string of the molecule is CCCNC(=O)C(C)n1c(CCCl)nc2c(C)nn(C)c21. The topological polar surface area (TPSA) is 64.7 Å². The van der Waals surface area contributed by atoms with Gasteiger partial charge in [-0.2, -0.15) is 5.10 Å². The molecule has 116 valence electrons. The maximum Gasteiger partial charge on any atom is 0.242 e. The Morgan fingerprint density at radius 1 is 1.48 bits per heavy atom. The number of aromatic nitrogens is 4. The number of halogens is 1. The molecule has 0 aliphatic rings. The van der Waals surface area contributed by atoms with E-state index in [9.17, 15) is 4.79 Å². The van der Waals surface area contributed by atoms with Crippen molar-refractivity contribution in [1.29, 1.82) is 0 Å². The minimum absolute atomic E-state index is 0.00849. The monoisotopic (exact) mass is 311 g/mol. The number of carbonyl (C=O) groups is 1. The van der Waals surface area contributed by atoms with Gasteiger partial charge >= 0.3 is 0 Å². The summed E-state index contributed by atoms with van der Waals surface area (Å²) >= 11 is 5.87. The third-order valence-corrected chi connectivity index (χ3v) is 3.73. The second-order valence-corrected chi connectivity index (χ2v) is 5.56. The highest BCUT2D eigenvalue weighted by Crippen LogP contribution is 2.24. The van der Waals surface area contributed by atoms with Crippen molar-refractivity contribution in [1.82, 2.24) is 24.6 Å². The van der Waals surface area contributed by atoms with Crippen LogP contribution in [0.4, 0.5) is 0 Å². The Bertz CT molecular complexity index is 645. The first-order chi connectivity index (χ1) is 10.0. The van der Waals surface area contributed by atoms with Gasteiger partial charge in [0.25, 0.3) is 0 Å². The Morgan fingerprint density at radius 3 is 2.81 bits per heavy atom. The molecule has 0 spiro atoms. The van der Waals surface area contributed by atoms with E-state index in [1.165, 1.54) is 0 Å². The Kier molecular flexibility index (Phi) is 4.88. The second-order valence-electron chi connectivity index (χ2n) is 5.19. The van der Waals surface area contributed by atoms with Crippen LogP contribution in [0.25, 0.3) is 11.2 Å². The average molecular weight is 312 g/mol. The van der Waals surface area contributed by atoms with Crippen LogP contribution in [0.2, 0.25) is 0 Å². The van der Waals surface area contributed by atoms with Gasteiger partial charge in [0.1, 0.15) is 17.4 Å². The van der Waals surface area contributed by atoms with Gasteiger partial charge in [-0.05, 0) is 20.3 Å². The van der Waals surface area contributed by atoms with E-state index >= 15 is 0 Å². The van der Waals surface area contributed by atoms with Crippen LogP contribution in [0.3, 0.4) is 0 Å². The van der Waals surface area contributed by atoms with E-state index in [0.717, 1.165) is 29.1 Å². The van der Waals surface area contributed by atoms with E-state index in [2.05, 4.69) is 15.4 Å². The molecular formula is C14H22ClN5O. The largest absolute Gasteiger partial charge is 0.354 e. The lowest BCUT2D eigenvalue weighted by Crippen LogP contribution is -2.32. The Morgan fingerprint density at radius 2 is 2.19 bits per heavy atom. The first kappa shape index (κ1) is 15.8. The van der Waals surface area contributed by atoms with Crippen molar-refractivity contribution in [3.8, 4) is 0 Å². The van der Waals surface area contributed by atoms with Gasteiger partial charge in [-0.1, -0.05) is 6.92 Å². The van der Waals surface area contributed by atoms with Crippen molar-refractivity contribution in [2.75, 3.05) is 12.4 Å². The summed E-state index contributed by atoms with van der Waals surface area (Å²) in [5.41, 5.74) is 2.57. The molecule has 0 aromatic carbocycles. The standard InChI is InChI=1S/C14H22ClN5O/c1-5-8-16-13(21)10(3)20-11(6-7-15)17-12-9(2)18-19(4)14(12)20/h10H,5-8H2,1-4H3,(H,16,21). The maximum absolute atomic E-state index is 12.3. The fourth-order valence-corrected chi connectivity index (χ4v) is 2.69. The number of fused-ring (bicyclic) bond motifs is 1. The second kappa shape index (κ2) is 6.47. The van der Waals surface area contributed by atoms with Gasteiger partial charge < -0.3 is 9.88 Å². The van der Waals surface area contributed by atoms with Gasteiger partial charge in [0.05, 0.1) is 5.69 Å². The molecule has 2 heterocycles. The number of nitrogens with one attached hydrogen (secondary N) is 1. The van der Waals surface area contributed by atoms with Gasteiger partial charge in [0, 0.05) is 25.9 Å². The molecule has 21 heavy (non-hydrogen) atoms. The molecule has 2 aromatic heterocycles. The average Bonchev–Trinajstić information content (AvgIpc) is 2.95. The van der Waals surface area contributed by atoms with Gasteiger partial charge in [-0.25, -0.2) is 4.98 Å². The number of carbonyl (C=O) groups excluding carboxylic acids is 1. The highest BCUT2D eigenvalue weighted by atomic mass is 35.5. The molecule has 1 amide bonds. The number of aryl methyl sites for hydroxylation is 3. The Labute approximate surface area is 129 Å².